The number of nitrogens with zero attached hydrogens (tertiary/aromatic N) is 1. The van der Waals surface area contributed by atoms with E-state index in [2.05, 4.69) is 101 Å². The number of benzene rings is 2. The molecule has 2 atom stereocenters. The van der Waals surface area contributed by atoms with E-state index >= 15 is 0 Å². The van der Waals surface area contributed by atoms with E-state index in [1.807, 2.05) is 34.6 Å². The number of carbonyl (C=O) groups is 1. The summed E-state index contributed by atoms with van der Waals surface area (Å²) in [5.41, 5.74) is -1.48. The molecule has 1 amide bonds. The van der Waals surface area contributed by atoms with E-state index in [0.717, 1.165) is 6.42 Å². The number of unbranched alkanes of at least 4 members (excludes halogenated alkanes) is 11. The minimum Gasteiger partial charge on any atom is -0.444 e. The van der Waals surface area contributed by atoms with Crippen LogP contribution < -0.4 is 10.4 Å². The third kappa shape index (κ3) is 11.3. The summed E-state index contributed by atoms with van der Waals surface area (Å²) in [4.78, 5) is 15.6. The fourth-order valence-corrected chi connectivity index (χ4v) is 11.7. The minimum atomic E-state index is -2.83. The highest BCUT2D eigenvalue weighted by Crippen LogP contribution is 2.39. The van der Waals surface area contributed by atoms with Crippen molar-refractivity contribution in [3.05, 3.63) is 72.8 Å². The number of rotatable bonds is 18. The van der Waals surface area contributed by atoms with Crippen LogP contribution in [0.15, 0.2) is 72.8 Å². The van der Waals surface area contributed by atoms with Gasteiger partial charge in [-0.15, -0.1) is 0 Å². The molecule has 1 aliphatic heterocycles. The summed E-state index contributed by atoms with van der Waals surface area (Å²) in [5.74, 6) is 0. The minimum absolute atomic E-state index is 0.179. The lowest BCUT2D eigenvalue weighted by molar-refractivity contribution is -0.0722. The Hall–Kier alpha value is -2.41. The molecule has 0 radical (unpaired) electrons. The lowest BCUT2D eigenvalue weighted by Crippen LogP contribution is -2.67. The maximum absolute atomic E-state index is 13.8. The highest BCUT2D eigenvalue weighted by Gasteiger charge is 2.54. The molecule has 0 aromatic heterocycles. The second kappa shape index (κ2) is 18.5. The van der Waals surface area contributed by atoms with Crippen LogP contribution in [0, 0.1) is 0 Å². The average molecular weight is 678 g/mol. The summed E-state index contributed by atoms with van der Waals surface area (Å²) in [6.07, 6.45) is 19.4. The van der Waals surface area contributed by atoms with Gasteiger partial charge < -0.3 is 13.9 Å². The lowest BCUT2D eigenvalue weighted by atomic mass is 10.0. The molecule has 1 fully saturated rings. The molecular formula is C42H67NO4Si. The molecule has 1 saturated heterocycles. The van der Waals surface area contributed by atoms with Crippen molar-refractivity contribution in [2.24, 2.45) is 0 Å². The first-order chi connectivity index (χ1) is 22.7. The van der Waals surface area contributed by atoms with E-state index in [0.29, 0.717) is 6.61 Å². The monoisotopic (exact) mass is 677 g/mol. The zero-order valence-electron chi connectivity index (χ0n) is 31.9. The zero-order chi connectivity index (χ0) is 35.3. The highest BCUT2D eigenvalue weighted by atomic mass is 28.4. The van der Waals surface area contributed by atoms with Gasteiger partial charge in [0.15, 0.2) is 0 Å². The van der Waals surface area contributed by atoms with Crippen molar-refractivity contribution in [2.45, 2.75) is 168 Å². The quantitative estimate of drug-likeness (QED) is 0.0895. The predicted molar refractivity (Wildman–Crippen MR) is 205 cm³/mol. The van der Waals surface area contributed by atoms with Crippen molar-refractivity contribution in [3.63, 3.8) is 0 Å². The smallest absolute Gasteiger partial charge is 0.413 e. The standard InChI is InChI=1S/C42H67NO4Si/c1-10-11-12-13-14-15-16-17-18-19-20-21-28-33-38-37(43(42(8,9)46-38)39(44)47-40(2,3)4)34-45-48(41(5,6)7,35-29-24-22-25-30-35)36-31-26-23-27-32-36/h22-33,37-38H,10-21,34H2,1-9H3/b33-28-/t37-,38-/m1/s1. The number of hydrogen-bond donors (Lipinski definition) is 0. The van der Waals surface area contributed by atoms with Gasteiger partial charge in [0.05, 0.1) is 12.6 Å². The summed E-state index contributed by atoms with van der Waals surface area (Å²) in [5, 5.41) is 2.26. The second-order valence-electron chi connectivity index (χ2n) is 16.2. The summed E-state index contributed by atoms with van der Waals surface area (Å²) < 4.78 is 20.0. The van der Waals surface area contributed by atoms with Crippen molar-refractivity contribution in [1.82, 2.24) is 4.90 Å². The zero-order valence-corrected chi connectivity index (χ0v) is 32.9. The van der Waals surface area contributed by atoms with Crippen LogP contribution >= 0.6 is 0 Å². The third-order valence-electron chi connectivity index (χ3n) is 9.49. The molecule has 268 valence electrons. The Balaban J connectivity index is 1.78. The van der Waals surface area contributed by atoms with Crippen molar-refractivity contribution in [2.75, 3.05) is 6.61 Å². The van der Waals surface area contributed by atoms with Gasteiger partial charge in [0.2, 0.25) is 0 Å². The van der Waals surface area contributed by atoms with Gasteiger partial charge in [-0.1, -0.05) is 165 Å². The number of carbonyl (C=O) groups excluding carboxylic acids is 1. The van der Waals surface area contributed by atoms with E-state index in [4.69, 9.17) is 13.9 Å². The molecule has 2 aromatic rings. The normalized spacial score (nSPS) is 18.5. The van der Waals surface area contributed by atoms with E-state index in [1.54, 1.807) is 4.90 Å². The molecule has 1 aliphatic rings. The molecule has 0 unspecified atom stereocenters. The van der Waals surface area contributed by atoms with Crippen LogP contribution in [0.25, 0.3) is 0 Å². The van der Waals surface area contributed by atoms with Gasteiger partial charge >= 0.3 is 6.09 Å². The topological polar surface area (TPSA) is 48.0 Å². The molecule has 0 saturated carbocycles. The SMILES string of the molecule is CCCCCCCCCCCCC/C=C\[C@H]1OC(C)(C)N(C(=O)OC(C)(C)C)[C@@H]1CO[Si](c1ccccc1)(c1ccccc1)C(C)(C)C. The number of amides is 1. The van der Waals surface area contributed by atoms with Gasteiger partial charge in [0.1, 0.15) is 17.4 Å². The van der Waals surface area contributed by atoms with Crippen LogP contribution in [0.1, 0.15) is 139 Å². The summed E-state index contributed by atoms with van der Waals surface area (Å²) in [6.45, 7) is 19.1. The molecule has 0 aliphatic carbocycles. The van der Waals surface area contributed by atoms with Crippen LogP contribution in [-0.4, -0.2) is 49.4 Å². The van der Waals surface area contributed by atoms with Crippen molar-refractivity contribution >= 4 is 24.8 Å². The maximum atomic E-state index is 13.8. The van der Waals surface area contributed by atoms with Gasteiger partial charge in [-0.3, -0.25) is 4.90 Å². The summed E-state index contributed by atoms with van der Waals surface area (Å²) in [7, 11) is -2.83. The first-order valence-corrected chi connectivity index (χ1v) is 20.8. The van der Waals surface area contributed by atoms with E-state index in [9.17, 15) is 4.79 Å². The third-order valence-corrected chi connectivity index (χ3v) is 14.5. The molecule has 6 heteroatoms. The van der Waals surface area contributed by atoms with Crippen molar-refractivity contribution < 1.29 is 18.7 Å². The van der Waals surface area contributed by atoms with Crippen LogP contribution in [-0.2, 0) is 13.9 Å². The largest absolute Gasteiger partial charge is 0.444 e. The first-order valence-electron chi connectivity index (χ1n) is 18.8. The van der Waals surface area contributed by atoms with Crippen molar-refractivity contribution in [1.29, 1.82) is 0 Å². The number of hydrogen-bond acceptors (Lipinski definition) is 4. The van der Waals surface area contributed by atoms with Gasteiger partial charge in [0.25, 0.3) is 8.32 Å². The van der Waals surface area contributed by atoms with E-state index < -0.39 is 19.6 Å². The summed E-state index contributed by atoms with van der Waals surface area (Å²) >= 11 is 0. The molecule has 48 heavy (non-hydrogen) atoms. The summed E-state index contributed by atoms with van der Waals surface area (Å²) in [6, 6.07) is 21.0. The second-order valence-corrected chi connectivity index (χ2v) is 20.5. The molecule has 2 aromatic carbocycles. The Morgan fingerprint density at radius 1 is 0.792 bits per heavy atom. The van der Waals surface area contributed by atoms with E-state index in [-0.39, 0.29) is 23.3 Å². The number of ether oxygens (including phenoxy) is 2. The molecule has 3 rings (SSSR count). The molecule has 5 nitrogen and oxygen atoms in total. The molecule has 0 spiro atoms. The van der Waals surface area contributed by atoms with Gasteiger partial charge in [0, 0.05) is 0 Å². The lowest BCUT2D eigenvalue weighted by Gasteiger charge is -2.44. The molecule has 1 heterocycles. The Kier molecular flexibility index (Phi) is 15.5. The fraction of sp³-hybridized carbons (Fsp3) is 0.643. The Labute approximate surface area is 295 Å². The number of allylic oxidation sites excluding steroid dienone is 1. The fourth-order valence-electron chi connectivity index (χ4n) is 7.15. The van der Waals surface area contributed by atoms with E-state index in [1.165, 1.54) is 81.0 Å². The van der Waals surface area contributed by atoms with Gasteiger partial charge in [-0.2, -0.15) is 0 Å². The predicted octanol–water partition coefficient (Wildman–Crippen LogP) is 10.6. The van der Waals surface area contributed by atoms with Gasteiger partial charge in [-0.05, 0) is 62.9 Å². The average Bonchev–Trinajstić information content (AvgIpc) is 3.28. The van der Waals surface area contributed by atoms with Crippen LogP contribution in [0.5, 0.6) is 0 Å². The van der Waals surface area contributed by atoms with Crippen molar-refractivity contribution in [3.8, 4) is 0 Å². The molecule has 0 N–H and O–H groups in total. The first kappa shape index (κ1) is 40.0. The maximum Gasteiger partial charge on any atom is 0.413 e. The Morgan fingerprint density at radius 2 is 1.27 bits per heavy atom. The Bertz CT molecular complexity index is 1190. The van der Waals surface area contributed by atoms with Gasteiger partial charge in [-0.25, -0.2) is 4.79 Å². The highest BCUT2D eigenvalue weighted by molar-refractivity contribution is 6.99. The van der Waals surface area contributed by atoms with Crippen LogP contribution in [0.2, 0.25) is 5.04 Å². The molecule has 0 bridgehead atoms. The Morgan fingerprint density at radius 3 is 1.73 bits per heavy atom. The molecular weight excluding hydrogens is 611 g/mol. The van der Waals surface area contributed by atoms with Crippen LogP contribution in [0.4, 0.5) is 4.79 Å². The van der Waals surface area contributed by atoms with Crippen LogP contribution in [0.3, 0.4) is 0 Å².